The molecule has 29 heavy (non-hydrogen) atoms. The average Bonchev–Trinajstić information content (AvgIpc) is 3.21. The van der Waals surface area contributed by atoms with E-state index in [0.717, 1.165) is 36.2 Å². The maximum atomic E-state index is 12.7. The van der Waals surface area contributed by atoms with E-state index < -0.39 is 0 Å². The SMILES string of the molecule is O=C(CSc1nc(=O)n(Cc2ccccn2)c2c1CCC2)Nc1ccc(Cl)cc1. The van der Waals surface area contributed by atoms with Crippen molar-refractivity contribution in [3.63, 3.8) is 0 Å². The number of hydrogen-bond acceptors (Lipinski definition) is 5. The number of nitrogens with zero attached hydrogens (tertiary/aromatic N) is 3. The van der Waals surface area contributed by atoms with Crippen LogP contribution in [0.3, 0.4) is 0 Å². The highest BCUT2D eigenvalue weighted by Gasteiger charge is 2.22. The zero-order valence-corrected chi connectivity index (χ0v) is 17.2. The van der Waals surface area contributed by atoms with E-state index in [9.17, 15) is 9.59 Å². The number of fused-ring (bicyclic) bond motifs is 1. The number of thioether (sulfide) groups is 1. The Balaban J connectivity index is 1.49. The van der Waals surface area contributed by atoms with Gasteiger partial charge in [-0.25, -0.2) is 4.79 Å². The first-order valence-electron chi connectivity index (χ1n) is 9.31. The number of halogens is 1. The van der Waals surface area contributed by atoms with Crippen molar-refractivity contribution < 1.29 is 4.79 Å². The standard InChI is InChI=1S/C21H19ClN4O2S/c22-14-7-9-15(10-8-14)24-19(27)13-29-20-17-5-3-6-18(17)26(21(28)25-20)12-16-4-1-2-11-23-16/h1-2,4,7-11H,3,5-6,12-13H2,(H,24,27). The van der Waals surface area contributed by atoms with Crippen molar-refractivity contribution in [1.82, 2.24) is 14.5 Å². The Bertz CT molecular complexity index is 1080. The topological polar surface area (TPSA) is 76.9 Å². The normalized spacial score (nSPS) is 12.6. The summed E-state index contributed by atoms with van der Waals surface area (Å²) < 4.78 is 1.71. The molecular weight excluding hydrogens is 408 g/mol. The molecule has 0 spiro atoms. The van der Waals surface area contributed by atoms with E-state index in [1.54, 1.807) is 35.0 Å². The van der Waals surface area contributed by atoms with Crippen LogP contribution in [-0.4, -0.2) is 26.2 Å². The van der Waals surface area contributed by atoms with Crippen molar-refractivity contribution in [2.75, 3.05) is 11.1 Å². The lowest BCUT2D eigenvalue weighted by molar-refractivity contribution is -0.113. The predicted molar refractivity (Wildman–Crippen MR) is 115 cm³/mol. The van der Waals surface area contributed by atoms with Crippen LogP contribution >= 0.6 is 23.4 Å². The zero-order chi connectivity index (χ0) is 20.2. The molecule has 1 aromatic carbocycles. The molecule has 1 aliphatic carbocycles. The number of nitrogens with one attached hydrogen (secondary N) is 1. The number of benzene rings is 1. The molecular formula is C21H19ClN4O2S. The van der Waals surface area contributed by atoms with E-state index in [-0.39, 0.29) is 17.3 Å². The third-order valence-corrected chi connectivity index (χ3v) is 5.98. The van der Waals surface area contributed by atoms with E-state index in [0.29, 0.717) is 22.3 Å². The summed E-state index contributed by atoms with van der Waals surface area (Å²) in [6.07, 6.45) is 4.40. The van der Waals surface area contributed by atoms with Crippen LogP contribution in [0.2, 0.25) is 5.02 Å². The van der Waals surface area contributed by atoms with Gasteiger partial charge in [-0.05, 0) is 55.7 Å². The van der Waals surface area contributed by atoms with Crippen LogP contribution in [0.1, 0.15) is 23.4 Å². The van der Waals surface area contributed by atoms with Gasteiger partial charge in [0.05, 0.1) is 18.0 Å². The molecule has 0 aliphatic heterocycles. The van der Waals surface area contributed by atoms with Gasteiger partial charge in [0.15, 0.2) is 0 Å². The average molecular weight is 427 g/mol. The van der Waals surface area contributed by atoms with Gasteiger partial charge in [-0.3, -0.25) is 14.3 Å². The second-order valence-corrected chi connectivity index (χ2v) is 8.13. The Kier molecular flexibility index (Phi) is 5.97. The lowest BCUT2D eigenvalue weighted by atomic mass is 10.2. The first-order valence-corrected chi connectivity index (χ1v) is 10.7. The second-order valence-electron chi connectivity index (χ2n) is 6.73. The molecule has 0 saturated carbocycles. The summed E-state index contributed by atoms with van der Waals surface area (Å²) in [6.45, 7) is 0.414. The van der Waals surface area contributed by atoms with Crippen LogP contribution in [-0.2, 0) is 24.2 Å². The number of anilines is 1. The molecule has 0 atom stereocenters. The molecule has 0 fully saturated rings. The highest BCUT2D eigenvalue weighted by atomic mass is 35.5. The highest BCUT2D eigenvalue weighted by Crippen LogP contribution is 2.29. The number of pyridine rings is 1. The fraction of sp³-hybridized carbons (Fsp3) is 0.238. The van der Waals surface area contributed by atoms with Gasteiger partial charge in [-0.2, -0.15) is 4.98 Å². The summed E-state index contributed by atoms with van der Waals surface area (Å²) in [7, 11) is 0. The number of hydrogen-bond donors (Lipinski definition) is 1. The maximum Gasteiger partial charge on any atom is 0.349 e. The lowest BCUT2D eigenvalue weighted by Crippen LogP contribution is -2.28. The number of aromatic nitrogens is 3. The minimum atomic E-state index is -0.295. The minimum Gasteiger partial charge on any atom is -0.325 e. The Morgan fingerprint density at radius 3 is 2.76 bits per heavy atom. The van der Waals surface area contributed by atoms with Gasteiger partial charge in [0.25, 0.3) is 0 Å². The molecule has 1 N–H and O–H groups in total. The van der Waals surface area contributed by atoms with Gasteiger partial charge in [0.2, 0.25) is 5.91 Å². The zero-order valence-electron chi connectivity index (χ0n) is 15.6. The van der Waals surface area contributed by atoms with Crippen LogP contribution in [0.15, 0.2) is 58.5 Å². The van der Waals surface area contributed by atoms with Crippen molar-refractivity contribution in [2.45, 2.75) is 30.8 Å². The van der Waals surface area contributed by atoms with Crippen molar-refractivity contribution in [3.05, 3.63) is 81.1 Å². The summed E-state index contributed by atoms with van der Waals surface area (Å²) in [5.74, 6) is 0.0368. The smallest absolute Gasteiger partial charge is 0.325 e. The summed E-state index contributed by atoms with van der Waals surface area (Å²) in [6, 6.07) is 12.6. The van der Waals surface area contributed by atoms with Crippen LogP contribution in [0.25, 0.3) is 0 Å². The molecule has 1 amide bonds. The summed E-state index contributed by atoms with van der Waals surface area (Å²) in [4.78, 5) is 33.5. The molecule has 0 saturated heterocycles. The van der Waals surface area contributed by atoms with Gasteiger partial charge in [0, 0.05) is 28.2 Å². The van der Waals surface area contributed by atoms with E-state index in [2.05, 4.69) is 15.3 Å². The number of rotatable bonds is 6. The van der Waals surface area contributed by atoms with Gasteiger partial charge >= 0.3 is 5.69 Å². The fourth-order valence-corrected chi connectivity index (χ4v) is 4.39. The Morgan fingerprint density at radius 2 is 2.00 bits per heavy atom. The number of carbonyl (C=O) groups is 1. The molecule has 2 aromatic heterocycles. The Hall–Kier alpha value is -2.64. The van der Waals surface area contributed by atoms with E-state index in [1.165, 1.54) is 11.8 Å². The largest absolute Gasteiger partial charge is 0.349 e. The predicted octanol–water partition coefficient (Wildman–Crippen LogP) is 3.56. The maximum absolute atomic E-state index is 12.7. The van der Waals surface area contributed by atoms with E-state index in [1.807, 2.05) is 18.2 Å². The van der Waals surface area contributed by atoms with E-state index >= 15 is 0 Å². The lowest BCUT2D eigenvalue weighted by Gasteiger charge is -2.14. The third-order valence-electron chi connectivity index (χ3n) is 4.71. The van der Waals surface area contributed by atoms with Crippen molar-refractivity contribution in [3.8, 4) is 0 Å². The van der Waals surface area contributed by atoms with Crippen molar-refractivity contribution in [1.29, 1.82) is 0 Å². The molecule has 0 bridgehead atoms. The molecule has 148 valence electrons. The van der Waals surface area contributed by atoms with Gasteiger partial charge in [0.1, 0.15) is 5.03 Å². The quantitative estimate of drug-likeness (QED) is 0.481. The molecule has 3 aromatic rings. The van der Waals surface area contributed by atoms with Crippen LogP contribution in [0.4, 0.5) is 5.69 Å². The Morgan fingerprint density at radius 1 is 1.17 bits per heavy atom. The summed E-state index contributed by atoms with van der Waals surface area (Å²) in [5.41, 5.74) is 3.30. The van der Waals surface area contributed by atoms with Crippen molar-refractivity contribution >= 4 is 35.0 Å². The number of carbonyl (C=O) groups excluding carboxylic acids is 1. The van der Waals surface area contributed by atoms with Crippen LogP contribution in [0, 0.1) is 0 Å². The second kappa shape index (κ2) is 8.80. The first-order chi connectivity index (χ1) is 14.1. The highest BCUT2D eigenvalue weighted by molar-refractivity contribution is 8.00. The number of amides is 1. The fourth-order valence-electron chi connectivity index (χ4n) is 3.39. The molecule has 1 aliphatic rings. The van der Waals surface area contributed by atoms with E-state index in [4.69, 9.17) is 11.6 Å². The van der Waals surface area contributed by atoms with Gasteiger partial charge in [-0.15, -0.1) is 0 Å². The third kappa shape index (κ3) is 4.68. The summed E-state index contributed by atoms with van der Waals surface area (Å²) >= 11 is 7.17. The molecule has 0 unspecified atom stereocenters. The minimum absolute atomic E-state index is 0.150. The van der Waals surface area contributed by atoms with Gasteiger partial charge < -0.3 is 5.32 Å². The van der Waals surface area contributed by atoms with Gasteiger partial charge in [-0.1, -0.05) is 29.4 Å². The van der Waals surface area contributed by atoms with Crippen LogP contribution in [0.5, 0.6) is 0 Å². The monoisotopic (exact) mass is 426 g/mol. The first kappa shape index (κ1) is 19.7. The molecule has 4 rings (SSSR count). The van der Waals surface area contributed by atoms with Crippen LogP contribution < -0.4 is 11.0 Å². The Labute approximate surface area is 177 Å². The molecule has 6 nitrogen and oxygen atoms in total. The molecule has 2 heterocycles. The molecule has 0 radical (unpaired) electrons. The van der Waals surface area contributed by atoms with Crippen molar-refractivity contribution in [2.24, 2.45) is 0 Å². The summed E-state index contributed by atoms with van der Waals surface area (Å²) in [5, 5.41) is 4.10. The molecule has 8 heteroatoms.